The van der Waals surface area contributed by atoms with Crippen molar-refractivity contribution in [3.8, 4) is 11.8 Å². The molecule has 1 aliphatic heterocycles. The molecule has 0 radical (unpaired) electrons. The second kappa shape index (κ2) is 8.71. The number of hydrogen-bond donors (Lipinski definition) is 2. The Morgan fingerprint density at radius 1 is 1.03 bits per heavy atom. The molecule has 0 aliphatic carbocycles. The number of benzene rings is 2. The molecule has 1 aliphatic rings. The Hall–Kier alpha value is -3.25. The topological polar surface area (TPSA) is 84.0 Å². The minimum Gasteiger partial charge on any atom is -0.339 e. The molecule has 5 rings (SSSR count). The maximum atomic E-state index is 12.8. The smallest absolute Gasteiger partial charge is 0.206 e. The lowest BCUT2D eigenvalue weighted by Crippen LogP contribution is -2.18. The van der Waals surface area contributed by atoms with Crippen molar-refractivity contribution in [2.45, 2.75) is 28.7 Å². The van der Waals surface area contributed by atoms with Gasteiger partial charge >= 0.3 is 0 Å². The molecule has 32 heavy (non-hydrogen) atoms. The largest absolute Gasteiger partial charge is 0.339 e. The Balaban J connectivity index is 1.38. The summed E-state index contributed by atoms with van der Waals surface area (Å²) in [5.41, 5.74) is 1.58. The van der Waals surface area contributed by atoms with Crippen LogP contribution in [0.25, 0.3) is 10.2 Å². The number of nitrogens with zero attached hydrogens (tertiary/aromatic N) is 2. The van der Waals surface area contributed by atoms with Gasteiger partial charge in [0.1, 0.15) is 6.33 Å². The van der Waals surface area contributed by atoms with E-state index in [1.54, 1.807) is 65.9 Å². The van der Waals surface area contributed by atoms with Gasteiger partial charge in [0, 0.05) is 5.69 Å². The van der Waals surface area contributed by atoms with Crippen molar-refractivity contribution in [2.24, 2.45) is 0 Å². The first-order valence-corrected chi connectivity index (χ1v) is 12.6. The summed E-state index contributed by atoms with van der Waals surface area (Å²) in [6.45, 7) is 1.02. The summed E-state index contributed by atoms with van der Waals surface area (Å²) < 4.78 is 26.5. The minimum atomic E-state index is -3.55. The van der Waals surface area contributed by atoms with Crippen molar-refractivity contribution in [3.63, 3.8) is 0 Å². The molecule has 1 saturated heterocycles. The van der Waals surface area contributed by atoms with E-state index in [1.807, 2.05) is 6.07 Å². The SMILES string of the molecule is O=S(=O)(c1ccccc1)c1ccc(Nc2ncnc3cc(C#C[C@H]4CCCN4)sc23)cc1. The van der Waals surface area contributed by atoms with Gasteiger partial charge in [-0.3, -0.25) is 0 Å². The Labute approximate surface area is 190 Å². The van der Waals surface area contributed by atoms with E-state index in [9.17, 15) is 8.42 Å². The zero-order chi connectivity index (χ0) is 22.0. The maximum Gasteiger partial charge on any atom is 0.206 e. The molecular weight excluding hydrogens is 440 g/mol. The predicted octanol–water partition coefficient (Wildman–Crippen LogP) is 4.37. The van der Waals surface area contributed by atoms with E-state index in [1.165, 1.54) is 6.33 Å². The molecule has 0 saturated carbocycles. The monoisotopic (exact) mass is 460 g/mol. The highest BCUT2D eigenvalue weighted by molar-refractivity contribution is 7.91. The van der Waals surface area contributed by atoms with Crippen molar-refractivity contribution in [1.29, 1.82) is 0 Å². The number of nitrogens with one attached hydrogen (secondary N) is 2. The van der Waals surface area contributed by atoms with Crippen LogP contribution >= 0.6 is 11.3 Å². The van der Waals surface area contributed by atoms with Crippen LogP contribution in [0.2, 0.25) is 0 Å². The zero-order valence-electron chi connectivity index (χ0n) is 17.1. The standard InChI is InChI=1S/C24H20N4O2S2/c29-32(30,20-6-2-1-3-7-20)21-12-9-18(10-13-21)28-24-23-22(26-16-27-24)15-19(31-23)11-8-17-5-4-14-25-17/h1-3,6-7,9-10,12-13,15-17,25H,4-5,14H2,(H,26,27,28)/t17-/m1/s1. The third kappa shape index (κ3) is 4.23. The lowest BCUT2D eigenvalue weighted by atomic mass is 10.2. The Morgan fingerprint density at radius 3 is 2.56 bits per heavy atom. The second-order valence-corrected chi connectivity index (χ2v) is 10.4. The summed E-state index contributed by atoms with van der Waals surface area (Å²) in [6, 6.07) is 17.3. The van der Waals surface area contributed by atoms with Gasteiger partial charge in [-0.2, -0.15) is 0 Å². The molecule has 0 amide bonds. The number of fused-ring (bicyclic) bond motifs is 1. The van der Waals surface area contributed by atoms with Crippen molar-refractivity contribution in [3.05, 3.63) is 71.9 Å². The van der Waals surface area contributed by atoms with E-state index in [0.717, 1.165) is 40.2 Å². The Morgan fingerprint density at radius 2 is 1.81 bits per heavy atom. The lowest BCUT2D eigenvalue weighted by molar-refractivity contribution is 0.596. The van der Waals surface area contributed by atoms with E-state index in [-0.39, 0.29) is 15.8 Å². The van der Waals surface area contributed by atoms with Crippen LogP contribution in [0.15, 0.2) is 76.8 Å². The summed E-state index contributed by atoms with van der Waals surface area (Å²) in [6.07, 6.45) is 3.76. The lowest BCUT2D eigenvalue weighted by Gasteiger charge is -2.08. The number of thiophene rings is 1. The van der Waals surface area contributed by atoms with E-state index >= 15 is 0 Å². The molecule has 0 spiro atoms. The first kappa shape index (κ1) is 20.6. The molecule has 0 bridgehead atoms. The van der Waals surface area contributed by atoms with E-state index < -0.39 is 9.84 Å². The first-order chi connectivity index (χ1) is 15.6. The fourth-order valence-electron chi connectivity index (χ4n) is 3.56. The third-order valence-electron chi connectivity index (χ3n) is 5.22. The zero-order valence-corrected chi connectivity index (χ0v) is 18.7. The molecule has 3 heterocycles. The number of hydrogen-bond acceptors (Lipinski definition) is 7. The number of anilines is 2. The van der Waals surface area contributed by atoms with Crippen LogP contribution in [0.5, 0.6) is 0 Å². The van der Waals surface area contributed by atoms with Gasteiger partial charge in [-0.15, -0.1) is 11.3 Å². The van der Waals surface area contributed by atoms with E-state index in [2.05, 4.69) is 32.4 Å². The number of rotatable bonds is 4. The molecule has 0 unspecified atom stereocenters. The van der Waals surface area contributed by atoms with Gasteiger partial charge in [-0.25, -0.2) is 18.4 Å². The highest BCUT2D eigenvalue weighted by Gasteiger charge is 2.17. The Kier molecular flexibility index (Phi) is 5.62. The highest BCUT2D eigenvalue weighted by atomic mass is 32.2. The summed E-state index contributed by atoms with van der Waals surface area (Å²) in [7, 11) is -3.55. The summed E-state index contributed by atoms with van der Waals surface area (Å²) in [4.78, 5) is 10.2. The van der Waals surface area contributed by atoms with Crippen LogP contribution in [0.4, 0.5) is 11.5 Å². The maximum absolute atomic E-state index is 12.8. The van der Waals surface area contributed by atoms with Crippen molar-refractivity contribution in [2.75, 3.05) is 11.9 Å². The van der Waals surface area contributed by atoms with E-state index in [4.69, 9.17) is 0 Å². The van der Waals surface area contributed by atoms with Gasteiger partial charge < -0.3 is 10.6 Å². The molecule has 4 aromatic rings. The molecular formula is C24H20N4O2S2. The number of sulfone groups is 1. The molecule has 1 atom stereocenters. The van der Waals surface area contributed by atoms with Crippen LogP contribution in [0, 0.1) is 11.8 Å². The van der Waals surface area contributed by atoms with Gasteiger partial charge in [0.25, 0.3) is 0 Å². The Bertz CT molecular complexity index is 1410. The van der Waals surface area contributed by atoms with Crippen LogP contribution in [-0.2, 0) is 9.84 Å². The van der Waals surface area contributed by atoms with Crippen LogP contribution < -0.4 is 10.6 Å². The van der Waals surface area contributed by atoms with Crippen molar-refractivity contribution in [1.82, 2.24) is 15.3 Å². The third-order valence-corrected chi connectivity index (χ3v) is 8.05. The first-order valence-electron chi connectivity index (χ1n) is 10.3. The molecule has 2 aromatic heterocycles. The average Bonchev–Trinajstić information content (AvgIpc) is 3.49. The molecule has 6 nitrogen and oxygen atoms in total. The van der Waals surface area contributed by atoms with Crippen LogP contribution in [0.3, 0.4) is 0 Å². The minimum absolute atomic E-state index is 0.247. The summed E-state index contributed by atoms with van der Waals surface area (Å²) in [5.74, 6) is 7.21. The summed E-state index contributed by atoms with van der Waals surface area (Å²) >= 11 is 1.55. The van der Waals surface area contributed by atoms with Gasteiger partial charge in [0.15, 0.2) is 5.82 Å². The van der Waals surface area contributed by atoms with Gasteiger partial charge in [0.2, 0.25) is 9.84 Å². The normalized spacial score (nSPS) is 15.9. The molecule has 2 N–H and O–H groups in total. The molecule has 160 valence electrons. The van der Waals surface area contributed by atoms with E-state index in [0.29, 0.717) is 5.82 Å². The fraction of sp³-hybridized carbons (Fsp3) is 0.167. The van der Waals surface area contributed by atoms with Gasteiger partial charge in [-0.1, -0.05) is 30.0 Å². The average molecular weight is 461 g/mol. The summed E-state index contributed by atoms with van der Waals surface area (Å²) in [5, 5.41) is 6.66. The van der Waals surface area contributed by atoms with Crippen LogP contribution in [0.1, 0.15) is 17.7 Å². The molecule has 1 fully saturated rings. The van der Waals surface area contributed by atoms with Crippen molar-refractivity contribution >= 4 is 42.9 Å². The second-order valence-electron chi connectivity index (χ2n) is 7.43. The van der Waals surface area contributed by atoms with Crippen molar-refractivity contribution < 1.29 is 8.42 Å². The molecule has 8 heteroatoms. The van der Waals surface area contributed by atoms with Gasteiger partial charge in [-0.05, 0) is 61.9 Å². The highest BCUT2D eigenvalue weighted by Crippen LogP contribution is 2.31. The predicted molar refractivity (Wildman–Crippen MR) is 127 cm³/mol. The number of aromatic nitrogens is 2. The van der Waals surface area contributed by atoms with Crippen LogP contribution in [-0.4, -0.2) is 31.0 Å². The fourth-order valence-corrected chi connectivity index (χ4v) is 5.76. The van der Waals surface area contributed by atoms with Gasteiger partial charge in [0.05, 0.1) is 30.9 Å². The molecule has 2 aromatic carbocycles. The quantitative estimate of drug-likeness (QED) is 0.440.